The minimum absolute atomic E-state index is 0.201. The number of nitrogen functional groups attached to an aromatic ring is 1. The standard InChI is InChI=1S/C24H25N7O3S/c1-14-19-21(35-20(14)16-4-2-3-15(9-16)10-26-18(33)13-32)23(31-5-7-34-8-6-31)30-22(29-19)17-11-27-24(25)28-12-17/h2-4,9,11-12,32H,5-8,10,13H2,1H3,(H,26,33)(H2,25,27,28). The molecule has 4 N–H and O–H groups in total. The average molecular weight is 492 g/mol. The number of nitrogens with two attached hydrogens (primary N) is 1. The Morgan fingerprint density at radius 3 is 2.71 bits per heavy atom. The van der Waals surface area contributed by atoms with Crippen molar-refractivity contribution in [2.45, 2.75) is 13.5 Å². The van der Waals surface area contributed by atoms with Crippen LogP contribution in [0.15, 0.2) is 36.7 Å². The zero-order valence-corrected chi connectivity index (χ0v) is 20.0. The lowest BCUT2D eigenvalue weighted by atomic mass is 10.1. The Labute approximate surface area is 205 Å². The van der Waals surface area contributed by atoms with Gasteiger partial charge < -0.3 is 25.8 Å². The van der Waals surface area contributed by atoms with Gasteiger partial charge in [0, 0.05) is 36.9 Å². The highest BCUT2D eigenvalue weighted by Crippen LogP contribution is 2.42. The highest BCUT2D eigenvalue weighted by atomic mass is 32.1. The van der Waals surface area contributed by atoms with Crippen LogP contribution in [0, 0.1) is 6.92 Å². The van der Waals surface area contributed by atoms with Crippen LogP contribution in [0.5, 0.6) is 0 Å². The number of aromatic nitrogens is 4. The Morgan fingerprint density at radius 1 is 1.20 bits per heavy atom. The minimum atomic E-state index is -0.528. The van der Waals surface area contributed by atoms with Gasteiger partial charge in [-0.3, -0.25) is 4.79 Å². The summed E-state index contributed by atoms with van der Waals surface area (Å²) in [6.07, 6.45) is 3.28. The van der Waals surface area contributed by atoms with Crippen molar-refractivity contribution in [2.75, 3.05) is 43.5 Å². The van der Waals surface area contributed by atoms with E-state index >= 15 is 0 Å². The van der Waals surface area contributed by atoms with Crippen LogP contribution in [0.25, 0.3) is 32.0 Å². The molecule has 5 rings (SSSR count). The third-order valence-electron chi connectivity index (χ3n) is 5.81. The summed E-state index contributed by atoms with van der Waals surface area (Å²) in [6, 6.07) is 8.00. The number of carbonyl (C=O) groups is 1. The van der Waals surface area contributed by atoms with Crippen LogP contribution >= 0.6 is 11.3 Å². The van der Waals surface area contributed by atoms with E-state index < -0.39 is 12.5 Å². The summed E-state index contributed by atoms with van der Waals surface area (Å²) >= 11 is 1.66. The number of aliphatic hydroxyl groups excluding tert-OH is 1. The van der Waals surface area contributed by atoms with E-state index in [0.717, 1.165) is 50.7 Å². The second-order valence-electron chi connectivity index (χ2n) is 8.17. The number of hydrogen-bond acceptors (Lipinski definition) is 10. The molecule has 0 bridgehead atoms. The fraction of sp³-hybridized carbons (Fsp3) is 0.292. The van der Waals surface area contributed by atoms with Gasteiger partial charge in [-0.2, -0.15) is 0 Å². The van der Waals surface area contributed by atoms with E-state index in [4.69, 9.17) is 25.5 Å². The maximum Gasteiger partial charge on any atom is 0.245 e. The molecule has 180 valence electrons. The van der Waals surface area contributed by atoms with Gasteiger partial charge in [0.05, 0.1) is 29.0 Å². The molecule has 0 saturated carbocycles. The maximum absolute atomic E-state index is 11.5. The first-order valence-electron chi connectivity index (χ1n) is 11.2. The van der Waals surface area contributed by atoms with Crippen molar-refractivity contribution in [3.05, 3.63) is 47.8 Å². The van der Waals surface area contributed by atoms with Crippen LogP contribution in [0.1, 0.15) is 11.1 Å². The first-order valence-corrected chi connectivity index (χ1v) is 12.0. The molecule has 4 heterocycles. The number of rotatable bonds is 6. The second kappa shape index (κ2) is 9.90. The van der Waals surface area contributed by atoms with Gasteiger partial charge >= 0.3 is 0 Å². The number of anilines is 2. The number of aliphatic hydroxyl groups is 1. The van der Waals surface area contributed by atoms with Crippen molar-refractivity contribution in [1.29, 1.82) is 0 Å². The molecule has 1 saturated heterocycles. The Bertz CT molecular complexity index is 1370. The van der Waals surface area contributed by atoms with Gasteiger partial charge in [0.15, 0.2) is 11.6 Å². The number of benzene rings is 1. The third-order valence-corrected chi connectivity index (χ3v) is 7.14. The highest BCUT2D eigenvalue weighted by Gasteiger charge is 2.23. The summed E-state index contributed by atoms with van der Waals surface area (Å²) < 4.78 is 6.57. The summed E-state index contributed by atoms with van der Waals surface area (Å²) in [5.41, 5.74) is 10.3. The van der Waals surface area contributed by atoms with Crippen molar-refractivity contribution < 1.29 is 14.6 Å². The first kappa shape index (κ1) is 23.1. The fourth-order valence-electron chi connectivity index (χ4n) is 4.00. The van der Waals surface area contributed by atoms with Crippen LogP contribution < -0.4 is 16.0 Å². The van der Waals surface area contributed by atoms with E-state index in [1.165, 1.54) is 0 Å². The number of morpholine rings is 1. The predicted molar refractivity (Wildman–Crippen MR) is 135 cm³/mol. The van der Waals surface area contributed by atoms with Crippen molar-refractivity contribution >= 4 is 39.2 Å². The molecular formula is C24H25N7O3S. The number of thiophene rings is 1. The summed E-state index contributed by atoms with van der Waals surface area (Å²) in [6.45, 7) is 4.66. The van der Waals surface area contributed by atoms with E-state index in [-0.39, 0.29) is 5.95 Å². The number of nitrogens with zero attached hydrogens (tertiary/aromatic N) is 5. The maximum atomic E-state index is 11.5. The highest BCUT2D eigenvalue weighted by molar-refractivity contribution is 7.23. The molecule has 1 aromatic carbocycles. The number of carbonyl (C=O) groups excluding carboxylic acids is 1. The van der Waals surface area contributed by atoms with E-state index in [9.17, 15) is 4.79 Å². The SMILES string of the molecule is Cc1c(-c2cccc(CNC(=O)CO)c2)sc2c(N3CCOCC3)nc(-c3cnc(N)nc3)nc12. The van der Waals surface area contributed by atoms with Gasteiger partial charge in [0.2, 0.25) is 11.9 Å². The first-order chi connectivity index (χ1) is 17.0. The Hall–Kier alpha value is -3.67. The Kier molecular flexibility index (Phi) is 6.53. The molecule has 35 heavy (non-hydrogen) atoms. The zero-order chi connectivity index (χ0) is 24.4. The third kappa shape index (κ3) is 4.78. The summed E-state index contributed by atoms with van der Waals surface area (Å²) in [5.74, 6) is 1.22. The zero-order valence-electron chi connectivity index (χ0n) is 19.2. The lowest BCUT2D eigenvalue weighted by Crippen LogP contribution is -2.36. The van der Waals surface area contributed by atoms with E-state index in [0.29, 0.717) is 31.1 Å². The van der Waals surface area contributed by atoms with Gasteiger partial charge in [-0.1, -0.05) is 18.2 Å². The molecule has 1 amide bonds. The van der Waals surface area contributed by atoms with E-state index in [1.54, 1.807) is 23.7 Å². The number of amides is 1. The lowest BCUT2D eigenvalue weighted by molar-refractivity contribution is -0.123. The van der Waals surface area contributed by atoms with Crippen LogP contribution in [0.3, 0.4) is 0 Å². The Morgan fingerprint density at radius 2 is 1.97 bits per heavy atom. The van der Waals surface area contributed by atoms with Crippen molar-refractivity contribution in [3.63, 3.8) is 0 Å². The van der Waals surface area contributed by atoms with Gasteiger partial charge in [-0.15, -0.1) is 11.3 Å². The molecule has 0 radical (unpaired) electrons. The molecule has 3 aromatic heterocycles. The smallest absolute Gasteiger partial charge is 0.245 e. The largest absolute Gasteiger partial charge is 0.387 e. The minimum Gasteiger partial charge on any atom is -0.387 e. The predicted octanol–water partition coefficient (Wildman–Crippen LogP) is 2.15. The number of hydrogen-bond donors (Lipinski definition) is 3. The molecule has 1 aliphatic heterocycles. The van der Waals surface area contributed by atoms with Gasteiger partial charge in [0.25, 0.3) is 0 Å². The summed E-state index contributed by atoms with van der Waals surface area (Å²) in [5, 5.41) is 11.7. The summed E-state index contributed by atoms with van der Waals surface area (Å²) in [7, 11) is 0. The van der Waals surface area contributed by atoms with Crippen LogP contribution in [0.2, 0.25) is 0 Å². The quantitative estimate of drug-likeness (QED) is 0.370. The monoisotopic (exact) mass is 491 g/mol. The van der Waals surface area contributed by atoms with Crippen LogP contribution in [0.4, 0.5) is 11.8 Å². The molecule has 4 aromatic rings. The van der Waals surface area contributed by atoms with Gasteiger partial charge in [0.1, 0.15) is 6.61 Å². The average Bonchev–Trinajstić information content (AvgIpc) is 3.24. The van der Waals surface area contributed by atoms with Crippen molar-refractivity contribution in [2.24, 2.45) is 0 Å². The van der Waals surface area contributed by atoms with E-state index in [1.807, 2.05) is 24.3 Å². The Balaban J connectivity index is 1.61. The molecule has 1 aliphatic rings. The van der Waals surface area contributed by atoms with Gasteiger partial charge in [-0.25, -0.2) is 19.9 Å². The van der Waals surface area contributed by atoms with E-state index in [2.05, 4.69) is 27.1 Å². The topological polar surface area (TPSA) is 139 Å². The number of ether oxygens (including phenoxy) is 1. The number of nitrogens with one attached hydrogen (secondary N) is 1. The van der Waals surface area contributed by atoms with Gasteiger partial charge in [-0.05, 0) is 29.7 Å². The molecule has 0 aliphatic carbocycles. The molecular weight excluding hydrogens is 466 g/mol. The fourth-order valence-corrected chi connectivity index (χ4v) is 5.26. The molecule has 1 fully saturated rings. The normalized spacial score (nSPS) is 13.8. The molecule has 0 atom stereocenters. The van der Waals surface area contributed by atoms with Crippen LogP contribution in [-0.2, 0) is 16.1 Å². The molecule has 11 heteroatoms. The second-order valence-corrected chi connectivity index (χ2v) is 9.19. The lowest BCUT2D eigenvalue weighted by Gasteiger charge is -2.28. The van der Waals surface area contributed by atoms with Crippen LogP contribution in [-0.4, -0.2) is 63.9 Å². The number of fused-ring (bicyclic) bond motifs is 1. The molecule has 0 unspecified atom stereocenters. The number of aryl methyl sites for hydroxylation is 1. The molecule has 10 nitrogen and oxygen atoms in total. The summed E-state index contributed by atoms with van der Waals surface area (Å²) in [4.78, 5) is 32.8. The van der Waals surface area contributed by atoms with Crippen molar-refractivity contribution in [1.82, 2.24) is 25.3 Å². The van der Waals surface area contributed by atoms with Crippen molar-refractivity contribution in [3.8, 4) is 21.8 Å². The molecule has 0 spiro atoms.